The van der Waals surface area contributed by atoms with Crippen LogP contribution in [-0.2, 0) is 4.74 Å². The van der Waals surface area contributed by atoms with Crippen LogP contribution in [0.3, 0.4) is 0 Å². The van der Waals surface area contributed by atoms with Gasteiger partial charge in [0.25, 0.3) is 5.56 Å². The Morgan fingerprint density at radius 1 is 1.71 bits per heavy atom. The molecule has 0 amide bonds. The Labute approximate surface area is 81.7 Å². The van der Waals surface area contributed by atoms with E-state index in [9.17, 15) is 4.79 Å². The summed E-state index contributed by atoms with van der Waals surface area (Å²) in [5, 5.41) is 0. The molecule has 0 saturated carbocycles. The van der Waals surface area contributed by atoms with Crippen LogP contribution in [0.25, 0.3) is 0 Å². The van der Waals surface area contributed by atoms with Crippen molar-refractivity contribution in [2.75, 3.05) is 24.6 Å². The summed E-state index contributed by atoms with van der Waals surface area (Å²) in [6.45, 7) is 4.23. The van der Waals surface area contributed by atoms with Crippen LogP contribution in [0.1, 0.15) is 6.92 Å². The van der Waals surface area contributed by atoms with E-state index in [4.69, 9.17) is 4.74 Å². The molecule has 0 bridgehead atoms. The number of ether oxygens (including phenoxy) is 1. The Kier molecular flexibility index (Phi) is 2.49. The van der Waals surface area contributed by atoms with Gasteiger partial charge in [0, 0.05) is 25.4 Å². The third-order valence-electron chi connectivity index (χ3n) is 2.20. The highest BCUT2D eigenvalue weighted by atomic mass is 16.5. The van der Waals surface area contributed by atoms with E-state index < -0.39 is 0 Å². The molecule has 1 aliphatic heterocycles. The van der Waals surface area contributed by atoms with Crippen LogP contribution in [0, 0.1) is 0 Å². The fourth-order valence-corrected chi connectivity index (χ4v) is 1.53. The van der Waals surface area contributed by atoms with E-state index in [2.05, 4.69) is 9.97 Å². The lowest BCUT2D eigenvalue weighted by Crippen LogP contribution is -2.42. The van der Waals surface area contributed by atoms with Gasteiger partial charge in [0.1, 0.15) is 0 Å². The van der Waals surface area contributed by atoms with Gasteiger partial charge in [-0.25, -0.2) is 4.98 Å². The monoisotopic (exact) mass is 195 g/mol. The highest BCUT2D eigenvalue weighted by Crippen LogP contribution is 2.09. The number of morpholine rings is 1. The first-order valence-corrected chi connectivity index (χ1v) is 4.67. The zero-order valence-corrected chi connectivity index (χ0v) is 8.06. The van der Waals surface area contributed by atoms with Gasteiger partial charge < -0.3 is 9.64 Å². The number of hydrogen-bond acceptors (Lipinski definition) is 4. The van der Waals surface area contributed by atoms with Gasteiger partial charge in [-0.15, -0.1) is 0 Å². The largest absolute Gasteiger partial charge is 0.375 e. The summed E-state index contributed by atoms with van der Waals surface area (Å²) in [6.07, 6.45) is 1.71. The first-order chi connectivity index (χ1) is 6.75. The molecule has 2 heterocycles. The molecule has 2 rings (SSSR count). The van der Waals surface area contributed by atoms with Gasteiger partial charge in [-0.2, -0.15) is 0 Å². The van der Waals surface area contributed by atoms with Crippen LogP contribution in [0.4, 0.5) is 5.95 Å². The predicted molar refractivity (Wildman–Crippen MR) is 52.5 cm³/mol. The van der Waals surface area contributed by atoms with Gasteiger partial charge in [0.2, 0.25) is 5.95 Å². The van der Waals surface area contributed by atoms with Crippen molar-refractivity contribution in [1.82, 2.24) is 9.97 Å². The molecule has 76 valence electrons. The van der Waals surface area contributed by atoms with E-state index in [0.29, 0.717) is 12.6 Å². The quantitative estimate of drug-likeness (QED) is 0.685. The van der Waals surface area contributed by atoms with Gasteiger partial charge in [-0.1, -0.05) is 0 Å². The van der Waals surface area contributed by atoms with Crippen molar-refractivity contribution in [3.63, 3.8) is 0 Å². The molecule has 5 nitrogen and oxygen atoms in total. The van der Waals surface area contributed by atoms with Crippen LogP contribution < -0.4 is 10.5 Å². The third kappa shape index (κ3) is 1.93. The SMILES string of the molecule is CC1CN(c2nccc(=O)[nH]2)CCO1. The summed E-state index contributed by atoms with van der Waals surface area (Å²) in [6, 6.07) is 1.41. The molecule has 1 aromatic heterocycles. The van der Waals surface area contributed by atoms with Gasteiger partial charge >= 0.3 is 0 Å². The molecular formula is C9H13N3O2. The Hall–Kier alpha value is -1.36. The van der Waals surface area contributed by atoms with Crippen molar-refractivity contribution < 1.29 is 4.74 Å². The molecule has 1 saturated heterocycles. The second-order valence-electron chi connectivity index (χ2n) is 3.39. The van der Waals surface area contributed by atoms with Gasteiger partial charge in [0.15, 0.2) is 0 Å². The lowest BCUT2D eigenvalue weighted by Gasteiger charge is -2.31. The summed E-state index contributed by atoms with van der Waals surface area (Å²) in [4.78, 5) is 19.9. The minimum atomic E-state index is -0.117. The van der Waals surface area contributed by atoms with Gasteiger partial charge in [-0.05, 0) is 6.92 Å². The van der Waals surface area contributed by atoms with Crippen molar-refractivity contribution >= 4 is 5.95 Å². The first-order valence-electron chi connectivity index (χ1n) is 4.67. The molecule has 1 fully saturated rings. The maximum absolute atomic E-state index is 11.1. The molecule has 5 heteroatoms. The average Bonchev–Trinajstić information content (AvgIpc) is 2.18. The van der Waals surface area contributed by atoms with Crippen molar-refractivity contribution in [2.45, 2.75) is 13.0 Å². The fourth-order valence-electron chi connectivity index (χ4n) is 1.53. The number of aromatic amines is 1. The van der Waals surface area contributed by atoms with Crippen LogP contribution >= 0.6 is 0 Å². The third-order valence-corrected chi connectivity index (χ3v) is 2.20. The Morgan fingerprint density at radius 2 is 2.57 bits per heavy atom. The molecular weight excluding hydrogens is 182 g/mol. The van der Waals surface area contributed by atoms with Crippen LogP contribution in [-0.4, -0.2) is 35.8 Å². The highest BCUT2D eigenvalue weighted by Gasteiger charge is 2.18. The van der Waals surface area contributed by atoms with Crippen LogP contribution in [0.5, 0.6) is 0 Å². The van der Waals surface area contributed by atoms with Crippen molar-refractivity contribution in [3.8, 4) is 0 Å². The summed E-state index contributed by atoms with van der Waals surface area (Å²) < 4.78 is 5.40. The zero-order chi connectivity index (χ0) is 9.97. The zero-order valence-electron chi connectivity index (χ0n) is 8.06. The summed E-state index contributed by atoms with van der Waals surface area (Å²) in [7, 11) is 0. The Balaban J connectivity index is 2.18. The number of rotatable bonds is 1. The molecule has 14 heavy (non-hydrogen) atoms. The minimum Gasteiger partial charge on any atom is -0.375 e. The van der Waals surface area contributed by atoms with Crippen LogP contribution in [0.2, 0.25) is 0 Å². The average molecular weight is 195 g/mol. The van der Waals surface area contributed by atoms with E-state index in [1.54, 1.807) is 0 Å². The maximum Gasteiger partial charge on any atom is 0.252 e. The topological polar surface area (TPSA) is 58.2 Å². The maximum atomic E-state index is 11.1. The van der Waals surface area contributed by atoms with Crippen LogP contribution in [0.15, 0.2) is 17.1 Å². The first kappa shape index (κ1) is 9.21. The van der Waals surface area contributed by atoms with E-state index in [0.717, 1.165) is 13.1 Å². The molecule has 1 unspecified atom stereocenters. The predicted octanol–water partition coefficient (Wildman–Crippen LogP) is -0.00500. The number of anilines is 1. The van der Waals surface area contributed by atoms with Gasteiger partial charge in [-0.3, -0.25) is 9.78 Å². The Morgan fingerprint density at radius 3 is 3.29 bits per heavy atom. The molecule has 1 N–H and O–H groups in total. The van der Waals surface area contributed by atoms with Gasteiger partial charge in [0.05, 0.1) is 12.7 Å². The molecule has 0 spiro atoms. The van der Waals surface area contributed by atoms with Crippen molar-refractivity contribution in [2.24, 2.45) is 0 Å². The van der Waals surface area contributed by atoms with Crippen molar-refractivity contribution in [3.05, 3.63) is 22.6 Å². The molecule has 0 radical (unpaired) electrons. The summed E-state index contributed by atoms with van der Waals surface area (Å²) in [5.41, 5.74) is -0.117. The van der Waals surface area contributed by atoms with Crippen molar-refractivity contribution in [1.29, 1.82) is 0 Å². The molecule has 1 aliphatic rings. The number of aromatic nitrogens is 2. The number of nitrogens with zero attached hydrogens (tertiary/aromatic N) is 2. The minimum absolute atomic E-state index is 0.117. The lowest BCUT2D eigenvalue weighted by molar-refractivity contribution is 0.0526. The molecule has 0 aliphatic carbocycles. The summed E-state index contributed by atoms with van der Waals surface area (Å²) >= 11 is 0. The molecule has 0 aromatic carbocycles. The second kappa shape index (κ2) is 3.79. The standard InChI is InChI=1S/C9H13N3O2/c1-7-6-12(4-5-14-7)9-10-3-2-8(13)11-9/h2-3,7H,4-6H2,1H3,(H,10,11,13). The van der Waals surface area contributed by atoms with E-state index in [1.165, 1.54) is 12.3 Å². The summed E-state index contributed by atoms with van der Waals surface area (Å²) in [5.74, 6) is 0.632. The lowest BCUT2D eigenvalue weighted by atomic mass is 10.3. The second-order valence-corrected chi connectivity index (χ2v) is 3.39. The number of nitrogens with one attached hydrogen (secondary N) is 1. The van der Waals surface area contributed by atoms with E-state index >= 15 is 0 Å². The van der Waals surface area contributed by atoms with E-state index in [1.807, 2.05) is 11.8 Å². The van der Waals surface area contributed by atoms with E-state index in [-0.39, 0.29) is 11.7 Å². The molecule has 1 atom stereocenters. The smallest absolute Gasteiger partial charge is 0.252 e. The highest BCUT2D eigenvalue weighted by molar-refractivity contribution is 5.29. The number of H-pyrrole nitrogens is 1. The Bertz CT molecular complexity index is 363. The molecule has 1 aromatic rings. The number of hydrogen-bond donors (Lipinski definition) is 1. The normalized spacial score (nSPS) is 22.4. The fraction of sp³-hybridized carbons (Fsp3) is 0.556.